The van der Waals surface area contributed by atoms with E-state index in [0.717, 1.165) is 22.0 Å². The summed E-state index contributed by atoms with van der Waals surface area (Å²) in [7, 11) is 1.61. The van der Waals surface area contributed by atoms with Gasteiger partial charge in [-0.3, -0.25) is 4.40 Å². The smallest absolute Gasteiger partial charge is 0.210 e. The summed E-state index contributed by atoms with van der Waals surface area (Å²) in [5.41, 5.74) is 2.37. The first-order chi connectivity index (χ1) is 9.24. The molecule has 19 heavy (non-hydrogen) atoms. The number of methoxy groups -OCH3 is 1. The third-order valence-electron chi connectivity index (χ3n) is 2.94. The van der Waals surface area contributed by atoms with Crippen molar-refractivity contribution in [2.75, 3.05) is 7.11 Å². The van der Waals surface area contributed by atoms with E-state index in [4.69, 9.17) is 4.74 Å². The predicted molar refractivity (Wildman–Crippen MR) is 75.2 cm³/mol. The number of hydrogen-bond donors (Lipinski definition) is 0. The van der Waals surface area contributed by atoms with Gasteiger partial charge in [-0.15, -0.1) is 16.2 Å². The molecule has 0 bridgehead atoms. The van der Waals surface area contributed by atoms with E-state index < -0.39 is 0 Å². The number of aryl methyl sites for hydroxylation is 1. The summed E-state index contributed by atoms with van der Waals surface area (Å²) in [6.45, 7) is 1.93. The highest BCUT2D eigenvalue weighted by molar-refractivity contribution is 7.15. The molecule has 0 aliphatic heterocycles. The maximum Gasteiger partial charge on any atom is 0.210 e. The molecule has 0 saturated carbocycles. The Kier molecular flexibility index (Phi) is 2.79. The van der Waals surface area contributed by atoms with Gasteiger partial charge in [0.2, 0.25) is 5.82 Å². The second kappa shape index (κ2) is 4.47. The second-order valence-corrected chi connectivity index (χ2v) is 4.94. The second-order valence-electron chi connectivity index (χ2n) is 4.10. The van der Waals surface area contributed by atoms with Gasteiger partial charge < -0.3 is 4.74 Å². The van der Waals surface area contributed by atoms with Crippen LogP contribution in [-0.2, 0) is 0 Å². The van der Waals surface area contributed by atoms with Crippen LogP contribution < -0.4 is 4.74 Å². The van der Waals surface area contributed by atoms with Crippen LogP contribution in [0.5, 0.6) is 5.75 Å². The Balaban J connectivity index is 2.26. The Morgan fingerprint density at radius 2 is 2.26 bits per heavy atom. The van der Waals surface area contributed by atoms with E-state index >= 15 is 0 Å². The van der Waals surface area contributed by atoms with Crippen molar-refractivity contribution in [1.29, 1.82) is 0 Å². The first-order valence-electron chi connectivity index (χ1n) is 5.69. The number of rotatable bonds is 3. The van der Waals surface area contributed by atoms with Crippen LogP contribution in [0.2, 0.25) is 0 Å². The minimum absolute atomic E-state index is 0.335. The number of nitrogens with zero attached hydrogens (tertiary/aromatic N) is 3. The molecule has 0 aliphatic rings. The molecule has 0 atom stereocenters. The minimum atomic E-state index is 0.335. The molecule has 5 nitrogen and oxygen atoms in total. The molecule has 0 amide bonds. The normalized spacial score (nSPS) is 10.8. The molecule has 0 N–H and O–H groups in total. The lowest BCUT2D eigenvalue weighted by molar-refractivity contribution is 0.415. The van der Waals surface area contributed by atoms with Crippen LogP contribution in [0.3, 0.4) is 0 Å². The Morgan fingerprint density at radius 3 is 3.00 bits per heavy atom. The van der Waals surface area contributed by atoms with E-state index in [1.54, 1.807) is 11.5 Å². The molecule has 2 aromatic heterocycles. The van der Waals surface area contributed by atoms with Crippen LogP contribution in [0.25, 0.3) is 16.2 Å². The van der Waals surface area contributed by atoms with Crippen LogP contribution in [0.4, 0.5) is 5.82 Å². The highest BCUT2D eigenvalue weighted by Gasteiger charge is 2.17. The molecule has 96 valence electrons. The average molecular weight is 273 g/mol. The van der Waals surface area contributed by atoms with Crippen molar-refractivity contribution in [3.8, 4) is 17.0 Å². The highest BCUT2D eigenvalue weighted by Crippen LogP contribution is 2.35. The van der Waals surface area contributed by atoms with E-state index in [-0.39, 0.29) is 0 Å². The topological polar surface area (TPSA) is 56.0 Å². The van der Waals surface area contributed by atoms with Gasteiger partial charge in [0.1, 0.15) is 11.4 Å². The molecule has 0 aliphatic carbocycles. The maximum atomic E-state index is 11.1. The van der Waals surface area contributed by atoms with Gasteiger partial charge in [0.15, 0.2) is 4.96 Å². The first-order valence-corrected chi connectivity index (χ1v) is 6.57. The van der Waals surface area contributed by atoms with E-state index in [1.807, 2.05) is 36.6 Å². The Bertz CT molecular complexity index is 760. The number of thiazole rings is 1. The third-order valence-corrected chi connectivity index (χ3v) is 3.88. The lowest BCUT2D eigenvalue weighted by atomic mass is 10.1. The van der Waals surface area contributed by atoms with E-state index in [9.17, 15) is 4.91 Å². The standard InChI is InChI=1S/C13H11N3O2S/c1-8-7-19-13-14-11(12(15-17)16(8)13)9-4-3-5-10(6-9)18-2/h3-7H,1-2H3. The average Bonchev–Trinajstić information content (AvgIpc) is 2.99. The molecule has 1 aromatic carbocycles. The zero-order valence-corrected chi connectivity index (χ0v) is 11.3. The number of nitroso groups, excluding NO2 is 1. The van der Waals surface area contributed by atoms with Gasteiger partial charge in [0.05, 0.1) is 7.11 Å². The number of ether oxygens (including phenoxy) is 1. The van der Waals surface area contributed by atoms with E-state index in [2.05, 4.69) is 10.2 Å². The monoisotopic (exact) mass is 273 g/mol. The fraction of sp³-hybridized carbons (Fsp3) is 0.154. The van der Waals surface area contributed by atoms with E-state index in [0.29, 0.717) is 11.5 Å². The molecule has 0 radical (unpaired) electrons. The summed E-state index contributed by atoms with van der Waals surface area (Å²) in [5.74, 6) is 1.06. The SMILES string of the molecule is COc1cccc(-c2nc3scc(C)n3c2N=O)c1. The number of aromatic nitrogens is 2. The van der Waals surface area contributed by atoms with Crippen molar-refractivity contribution >= 4 is 22.1 Å². The fourth-order valence-electron chi connectivity index (χ4n) is 2.03. The maximum absolute atomic E-state index is 11.1. The summed E-state index contributed by atoms with van der Waals surface area (Å²) in [4.78, 5) is 16.4. The number of benzene rings is 1. The van der Waals surface area contributed by atoms with Gasteiger partial charge in [-0.05, 0) is 24.2 Å². The third kappa shape index (κ3) is 1.80. The summed E-state index contributed by atoms with van der Waals surface area (Å²) < 4.78 is 6.96. The highest BCUT2D eigenvalue weighted by atomic mass is 32.1. The van der Waals surface area contributed by atoms with Gasteiger partial charge in [-0.2, -0.15) is 0 Å². The van der Waals surface area contributed by atoms with Crippen LogP contribution >= 0.6 is 11.3 Å². The largest absolute Gasteiger partial charge is 0.497 e. The molecule has 6 heteroatoms. The summed E-state index contributed by atoms with van der Waals surface area (Å²) in [6.07, 6.45) is 0. The zero-order valence-electron chi connectivity index (χ0n) is 10.5. The van der Waals surface area contributed by atoms with Crippen molar-refractivity contribution in [1.82, 2.24) is 9.38 Å². The summed E-state index contributed by atoms with van der Waals surface area (Å²) in [6, 6.07) is 7.44. The molecule has 0 fully saturated rings. The van der Waals surface area contributed by atoms with Gasteiger partial charge in [0.25, 0.3) is 0 Å². The lowest BCUT2D eigenvalue weighted by Crippen LogP contribution is -1.85. The molecule has 0 unspecified atom stereocenters. The fourth-order valence-corrected chi connectivity index (χ4v) is 2.89. The van der Waals surface area contributed by atoms with E-state index in [1.165, 1.54) is 11.3 Å². The molecule has 0 saturated heterocycles. The number of imidazole rings is 1. The Morgan fingerprint density at radius 1 is 1.42 bits per heavy atom. The van der Waals surface area contributed by atoms with Crippen LogP contribution in [0.1, 0.15) is 5.69 Å². The van der Waals surface area contributed by atoms with Gasteiger partial charge >= 0.3 is 0 Å². The number of hydrogen-bond acceptors (Lipinski definition) is 5. The first kappa shape index (κ1) is 11.9. The molecule has 3 rings (SSSR count). The minimum Gasteiger partial charge on any atom is -0.497 e. The Hall–Kier alpha value is -2.21. The van der Waals surface area contributed by atoms with Crippen molar-refractivity contribution in [2.45, 2.75) is 6.92 Å². The lowest BCUT2D eigenvalue weighted by Gasteiger charge is -2.02. The number of fused-ring (bicyclic) bond motifs is 1. The van der Waals surface area contributed by atoms with Crippen molar-refractivity contribution in [2.24, 2.45) is 5.18 Å². The predicted octanol–water partition coefficient (Wildman–Crippen LogP) is 3.78. The summed E-state index contributed by atoms with van der Waals surface area (Å²) >= 11 is 1.49. The van der Waals surface area contributed by atoms with Crippen LogP contribution in [-0.4, -0.2) is 16.5 Å². The molecular formula is C13H11N3O2S. The van der Waals surface area contributed by atoms with Crippen molar-refractivity contribution in [3.05, 3.63) is 40.2 Å². The van der Waals surface area contributed by atoms with Crippen molar-refractivity contribution < 1.29 is 4.74 Å². The zero-order chi connectivity index (χ0) is 13.4. The molecule has 3 aromatic rings. The Labute approximate surface area is 113 Å². The quantitative estimate of drug-likeness (QED) is 0.682. The van der Waals surface area contributed by atoms with Gasteiger partial charge in [-0.25, -0.2) is 4.98 Å². The summed E-state index contributed by atoms with van der Waals surface area (Å²) in [5, 5.41) is 5.09. The van der Waals surface area contributed by atoms with Gasteiger partial charge in [-0.1, -0.05) is 12.1 Å². The molecular weight excluding hydrogens is 262 g/mol. The van der Waals surface area contributed by atoms with Crippen LogP contribution in [0, 0.1) is 11.8 Å². The van der Waals surface area contributed by atoms with Crippen molar-refractivity contribution in [3.63, 3.8) is 0 Å². The van der Waals surface area contributed by atoms with Gasteiger partial charge in [0, 0.05) is 16.6 Å². The molecule has 2 heterocycles. The molecule has 0 spiro atoms. The van der Waals surface area contributed by atoms with Crippen LogP contribution in [0.15, 0.2) is 34.8 Å².